The Hall–Kier alpha value is -1.78. The molecule has 2 aromatic carbocycles. The van der Waals surface area contributed by atoms with Crippen molar-refractivity contribution in [3.63, 3.8) is 0 Å². The van der Waals surface area contributed by atoms with E-state index < -0.39 is 21.3 Å². The normalized spacial score (nSPS) is 21.7. The Kier molecular flexibility index (Phi) is 7.07. The molecule has 1 aliphatic heterocycles. The number of hydrazine groups is 1. The second-order valence-corrected chi connectivity index (χ2v) is 9.86. The SMILES string of the molecule is CSc1ccc(CNC(=O)C2C(C)NNC2S(=O)(=O)Nc2ccc(Cl)cc2)cc1. The van der Waals surface area contributed by atoms with E-state index in [0.717, 1.165) is 10.5 Å². The highest BCUT2D eigenvalue weighted by Crippen LogP contribution is 2.23. The molecule has 10 heteroatoms. The second kappa shape index (κ2) is 9.36. The fraction of sp³-hybridized carbons (Fsp3) is 0.316. The van der Waals surface area contributed by atoms with E-state index >= 15 is 0 Å². The lowest BCUT2D eigenvalue weighted by molar-refractivity contribution is -0.125. The van der Waals surface area contributed by atoms with Crippen molar-refractivity contribution in [2.75, 3.05) is 11.0 Å². The summed E-state index contributed by atoms with van der Waals surface area (Å²) >= 11 is 7.48. The zero-order chi connectivity index (χ0) is 21.0. The molecular formula is C19H23ClN4O3S2. The Labute approximate surface area is 180 Å². The molecule has 1 aliphatic rings. The average Bonchev–Trinajstić information content (AvgIpc) is 3.10. The predicted octanol–water partition coefficient (Wildman–Crippen LogP) is 2.56. The zero-order valence-electron chi connectivity index (χ0n) is 16.0. The van der Waals surface area contributed by atoms with Crippen molar-refractivity contribution >= 4 is 45.0 Å². The van der Waals surface area contributed by atoms with E-state index in [0.29, 0.717) is 17.3 Å². The van der Waals surface area contributed by atoms with Gasteiger partial charge >= 0.3 is 0 Å². The molecule has 4 N–H and O–H groups in total. The maximum atomic E-state index is 12.9. The minimum atomic E-state index is -3.88. The van der Waals surface area contributed by atoms with Crippen LogP contribution >= 0.6 is 23.4 Å². The number of benzene rings is 2. The Morgan fingerprint density at radius 2 is 1.76 bits per heavy atom. The van der Waals surface area contributed by atoms with Crippen LogP contribution in [-0.4, -0.2) is 32.0 Å². The van der Waals surface area contributed by atoms with E-state index in [4.69, 9.17) is 11.6 Å². The third kappa shape index (κ3) is 5.43. The van der Waals surface area contributed by atoms with Crippen LogP contribution in [-0.2, 0) is 21.4 Å². The van der Waals surface area contributed by atoms with Gasteiger partial charge in [0.15, 0.2) is 5.37 Å². The molecule has 156 valence electrons. The van der Waals surface area contributed by atoms with Crippen LogP contribution in [0.2, 0.25) is 5.02 Å². The number of carbonyl (C=O) groups excluding carboxylic acids is 1. The van der Waals surface area contributed by atoms with Crippen LogP contribution in [0.1, 0.15) is 12.5 Å². The molecule has 0 aromatic heterocycles. The number of hydrogen-bond acceptors (Lipinski definition) is 6. The molecule has 1 fully saturated rings. The number of rotatable bonds is 7. The Morgan fingerprint density at radius 3 is 2.38 bits per heavy atom. The Balaban J connectivity index is 1.68. The van der Waals surface area contributed by atoms with Crippen molar-refractivity contribution in [2.24, 2.45) is 5.92 Å². The van der Waals surface area contributed by atoms with Gasteiger partial charge in [-0.1, -0.05) is 23.7 Å². The summed E-state index contributed by atoms with van der Waals surface area (Å²) in [5, 5.41) is 2.23. The largest absolute Gasteiger partial charge is 0.352 e. The maximum Gasteiger partial charge on any atom is 0.250 e. The van der Waals surface area contributed by atoms with Gasteiger partial charge in [0.2, 0.25) is 5.91 Å². The fourth-order valence-electron chi connectivity index (χ4n) is 3.09. The summed E-state index contributed by atoms with van der Waals surface area (Å²) < 4.78 is 28.2. The van der Waals surface area contributed by atoms with Gasteiger partial charge in [0.25, 0.3) is 10.0 Å². The first-order valence-corrected chi connectivity index (χ1v) is 12.1. The molecule has 29 heavy (non-hydrogen) atoms. The quantitative estimate of drug-likeness (QED) is 0.480. The smallest absolute Gasteiger partial charge is 0.250 e. The van der Waals surface area contributed by atoms with E-state index in [-0.39, 0.29) is 11.9 Å². The number of hydrogen-bond donors (Lipinski definition) is 4. The van der Waals surface area contributed by atoms with E-state index in [1.165, 1.54) is 0 Å². The monoisotopic (exact) mass is 454 g/mol. The molecule has 0 spiro atoms. The fourth-order valence-corrected chi connectivity index (χ4v) is 5.18. The van der Waals surface area contributed by atoms with E-state index in [1.54, 1.807) is 43.0 Å². The van der Waals surface area contributed by atoms with Crippen molar-refractivity contribution in [3.05, 3.63) is 59.1 Å². The summed E-state index contributed by atoms with van der Waals surface area (Å²) in [5.74, 6) is -1.14. The molecule has 0 bridgehead atoms. The highest BCUT2D eigenvalue weighted by atomic mass is 35.5. The molecular weight excluding hydrogens is 432 g/mol. The number of anilines is 1. The van der Waals surface area contributed by atoms with Crippen molar-refractivity contribution in [1.29, 1.82) is 0 Å². The topological polar surface area (TPSA) is 99.3 Å². The first-order chi connectivity index (χ1) is 13.8. The first-order valence-electron chi connectivity index (χ1n) is 8.99. The van der Waals surface area contributed by atoms with E-state index in [1.807, 2.05) is 30.5 Å². The van der Waals surface area contributed by atoms with Crippen LogP contribution in [0.4, 0.5) is 5.69 Å². The minimum Gasteiger partial charge on any atom is -0.352 e. The maximum absolute atomic E-state index is 12.9. The average molecular weight is 455 g/mol. The third-order valence-corrected chi connectivity index (χ3v) is 7.28. The van der Waals surface area contributed by atoms with E-state index in [9.17, 15) is 13.2 Å². The van der Waals surface area contributed by atoms with Gasteiger partial charge in [0.05, 0.1) is 5.92 Å². The minimum absolute atomic E-state index is 0.327. The number of sulfonamides is 1. The summed E-state index contributed by atoms with van der Waals surface area (Å²) in [6.07, 6.45) is 2.00. The molecule has 1 amide bonds. The van der Waals surface area contributed by atoms with Gasteiger partial charge in [-0.05, 0) is 55.1 Å². The lowest BCUT2D eigenvalue weighted by Crippen LogP contribution is -2.47. The van der Waals surface area contributed by atoms with Crippen LogP contribution in [0.15, 0.2) is 53.4 Å². The predicted molar refractivity (Wildman–Crippen MR) is 117 cm³/mol. The molecule has 2 aromatic rings. The molecule has 0 aliphatic carbocycles. The van der Waals surface area contributed by atoms with Crippen LogP contribution in [0, 0.1) is 5.92 Å². The molecule has 3 rings (SSSR count). The van der Waals surface area contributed by atoms with Gasteiger partial charge in [0, 0.05) is 28.2 Å². The first kappa shape index (κ1) is 21.9. The van der Waals surface area contributed by atoms with Gasteiger partial charge in [-0.15, -0.1) is 11.8 Å². The summed E-state index contributed by atoms with van der Waals surface area (Å²) in [4.78, 5) is 13.9. The van der Waals surface area contributed by atoms with Crippen LogP contribution in [0.3, 0.4) is 0 Å². The second-order valence-electron chi connectivity index (χ2n) is 6.74. The Morgan fingerprint density at radius 1 is 1.10 bits per heavy atom. The zero-order valence-corrected chi connectivity index (χ0v) is 18.4. The number of thioether (sulfide) groups is 1. The number of halogens is 1. The molecule has 3 unspecified atom stereocenters. The van der Waals surface area contributed by atoms with Crippen LogP contribution in [0.25, 0.3) is 0 Å². The molecule has 1 saturated heterocycles. The van der Waals surface area contributed by atoms with Gasteiger partial charge in [-0.25, -0.2) is 13.8 Å². The van der Waals surface area contributed by atoms with Gasteiger partial charge in [-0.2, -0.15) is 0 Å². The molecule has 0 saturated carbocycles. The summed E-state index contributed by atoms with van der Waals surface area (Å²) in [5.41, 5.74) is 6.92. The number of carbonyl (C=O) groups is 1. The standard InChI is InChI=1S/C19H23ClN4O3S2/c1-12-17(18(25)21-11-13-3-9-16(28-2)10-4-13)19(23-22-12)29(26,27)24-15-7-5-14(20)6-8-15/h3-10,12,17,19,22-24H,11H2,1-2H3,(H,21,25). The molecule has 3 atom stereocenters. The Bertz CT molecular complexity index is 952. The van der Waals surface area contributed by atoms with Gasteiger partial charge in [-0.3, -0.25) is 14.9 Å². The van der Waals surface area contributed by atoms with Crippen LogP contribution < -0.4 is 20.9 Å². The number of amides is 1. The highest BCUT2D eigenvalue weighted by Gasteiger charge is 2.45. The summed E-state index contributed by atoms with van der Waals surface area (Å²) in [6.45, 7) is 2.09. The third-order valence-electron chi connectivity index (χ3n) is 4.69. The highest BCUT2D eigenvalue weighted by molar-refractivity contribution is 7.98. The van der Waals surface area contributed by atoms with Crippen molar-refractivity contribution in [2.45, 2.75) is 29.8 Å². The van der Waals surface area contributed by atoms with E-state index in [2.05, 4.69) is 20.9 Å². The van der Waals surface area contributed by atoms with Crippen molar-refractivity contribution in [1.82, 2.24) is 16.2 Å². The summed E-state index contributed by atoms with van der Waals surface area (Å²) in [7, 11) is -3.88. The number of nitrogens with one attached hydrogen (secondary N) is 4. The van der Waals surface area contributed by atoms with Crippen molar-refractivity contribution < 1.29 is 13.2 Å². The van der Waals surface area contributed by atoms with Gasteiger partial charge in [0.1, 0.15) is 0 Å². The molecule has 0 radical (unpaired) electrons. The molecule has 7 nitrogen and oxygen atoms in total. The molecule has 1 heterocycles. The summed E-state index contributed by atoms with van der Waals surface area (Å²) in [6, 6.07) is 13.8. The van der Waals surface area contributed by atoms with Gasteiger partial charge < -0.3 is 5.32 Å². The lowest BCUT2D eigenvalue weighted by atomic mass is 10.0. The van der Waals surface area contributed by atoms with Crippen LogP contribution in [0.5, 0.6) is 0 Å². The lowest BCUT2D eigenvalue weighted by Gasteiger charge is -2.21. The van der Waals surface area contributed by atoms with Crippen molar-refractivity contribution in [3.8, 4) is 0 Å².